The van der Waals surface area contributed by atoms with Crippen LogP contribution in [0.4, 0.5) is 0 Å². The molecule has 0 radical (unpaired) electrons. The molecule has 0 aliphatic heterocycles. The zero-order chi connectivity index (χ0) is 11.6. The average Bonchev–Trinajstić information content (AvgIpc) is 2.31. The van der Waals surface area contributed by atoms with Crippen molar-refractivity contribution < 1.29 is 4.84 Å². The molecule has 0 aliphatic carbocycles. The van der Waals surface area contributed by atoms with E-state index >= 15 is 0 Å². The second-order valence-corrected chi connectivity index (χ2v) is 4.29. The summed E-state index contributed by atoms with van der Waals surface area (Å²) in [7, 11) is 0. The Kier molecular flexibility index (Phi) is 6.86. The van der Waals surface area contributed by atoms with Crippen molar-refractivity contribution >= 4 is 0 Å². The lowest BCUT2D eigenvalue weighted by Gasteiger charge is -2.13. The first-order valence-electron chi connectivity index (χ1n) is 6.24. The molecule has 0 amide bonds. The van der Waals surface area contributed by atoms with Gasteiger partial charge in [-0.05, 0) is 18.9 Å². The van der Waals surface area contributed by atoms with Gasteiger partial charge in [0.25, 0.3) is 0 Å². The van der Waals surface area contributed by atoms with Crippen LogP contribution < -0.4 is 5.48 Å². The Hall–Kier alpha value is -0.860. The normalized spacial score (nSPS) is 12.6. The zero-order valence-corrected chi connectivity index (χ0v) is 10.4. The van der Waals surface area contributed by atoms with Crippen LogP contribution in [0.2, 0.25) is 0 Å². The maximum Gasteiger partial charge on any atom is 0.0933 e. The van der Waals surface area contributed by atoms with Gasteiger partial charge in [0.2, 0.25) is 0 Å². The van der Waals surface area contributed by atoms with E-state index < -0.39 is 0 Å². The molecule has 1 N–H and O–H groups in total. The molecule has 2 heteroatoms. The van der Waals surface area contributed by atoms with Gasteiger partial charge in [-0.1, -0.05) is 56.5 Å². The van der Waals surface area contributed by atoms with Crippen molar-refractivity contribution in [2.75, 3.05) is 0 Å². The van der Waals surface area contributed by atoms with Crippen LogP contribution in [-0.4, -0.2) is 6.04 Å². The minimum atomic E-state index is 0.440. The molecule has 1 rings (SSSR count). The molecular formula is C14H23NO. The van der Waals surface area contributed by atoms with Crippen molar-refractivity contribution in [1.82, 2.24) is 5.48 Å². The summed E-state index contributed by atoms with van der Waals surface area (Å²) in [6.07, 6.45) is 5.05. The van der Waals surface area contributed by atoms with Crippen LogP contribution in [0.15, 0.2) is 30.3 Å². The lowest BCUT2D eigenvalue weighted by Crippen LogP contribution is -2.25. The molecule has 0 saturated heterocycles. The molecule has 0 fully saturated rings. The summed E-state index contributed by atoms with van der Waals surface area (Å²) in [4.78, 5) is 5.46. The topological polar surface area (TPSA) is 21.3 Å². The Morgan fingerprint density at radius 1 is 1.19 bits per heavy atom. The molecule has 90 valence electrons. The van der Waals surface area contributed by atoms with Crippen molar-refractivity contribution in [2.45, 2.75) is 52.2 Å². The molecule has 16 heavy (non-hydrogen) atoms. The maximum absolute atomic E-state index is 5.46. The van der Waals surface area contributed by atoms with Gasteiger partial charge in [-0.15, -0.1) is 0 Å². The third-order valence-corrected chi connectivity index (χ3v) is 2.61. The molecule has 1 atom stereocenters. The van der Waals surface area contributed by atoms with Gasteiger partial charge in [-0.3, -0.25) is 4.84 Å². The predicted octanol–water partition coefficient (Wildman–Crippen LogP) is 3.68. The number of hydrogen-bond acceptors (Lipinski definition) is 2. The van der Waals surface area contributed by atoms with E-state index in [1.54, 1.807) is 0 Å². The smallest absolute Gasteiger partial charge is 0.0933 e. The van der Waals surface area contributed by atoms with Gasteiger partial charge in [0, 0.05) is 6.04 Å². The standard InChI is InChI=1S/C14H23NO/c1-3-4-6-9-13(2)15-16-12-14-10-7-5-8-11-14/h5,7-8,10-11,13,15H,3-4,6,9,12H2,1-2H3. The van der Waals surface area contributed by atoms with Crippen LogP contribution in [0.1, 0.15) is 45.1 Å². The van der Waals surface area contributed by atoms with E-state index in [2.05, 4.69) is 31.5 Å². The van der Waals surface area contributed by atoms with Crippen molar-refractivity contribution in [1.29, 1.82) is 0 Å². The fourth-order valence-corrected chi connectivity index (χ4v) is 1.60. The molecule has 0 aliphatic rings. The van der Waals surface area contributed by atoms with E-state index in [1.807, 2.05) is 18.2 Å². The molecule has 0 heterocycles. The first kappa shape index (κ1) is 13.2. The SMILES string of the molecule is CCCCCC(C)NOCc1ccccc1. The van der Waals surface area contributed by atoms with Gasteiger partial charge in [-0.2, -0.15) is 5.48 Å². The van der Waals surface area contributed by atoms with Gasteiger partial charge in [0.15, 0.2) is 0 Å². The Balaban J connectivity index is 2.06. The Bertz CT molecular complexity index is 261. The second-order valence-electron chi connectivity index (χ2n) is 4.29. The second kappa shape index (κ2) is 8.31. The number of hydrogen-bond donors (Lipinski definition) is 1. The molecule has 0 bridgehead atoms. The molecule has 0 saturated carbocycles. The third kappa shape index (κ3) is 5.89. The van der Waals surface area contributed by atoms with Crippen molar-refractivity contribution in [3.8, 4) is 0 Å². The molecule has 0 aromatic heterocycles. The number of hydroxylamine groups is 1. The van der Waals surface area contributed by atoms with E-state index in [0.29, 0.717) is 12.6 Å². The summed E-state index contributed by atoms with van der Waals surface area (Å²) in [5.41, 5.74) is 4.29. The van der Waals surface area contributed by atoms with E-state index in [-0.39, 0.29) is 0 Å². The summed E-state index contributed by atoms with van der Waals surface area (Å²) in [5.74, 6) is 0. The minimum absolute atomic E-state index is 0.440. The first-order chi connectivity index (χ1) is 7.83. The monoisotopic (exact) mass is 221 g/mol. The summed E-state index contributed by atoms with van der Waals surface area (Å²) >= 11 is 0. The molecule has 2 nitrogen and oxygen atoms in total. The highest BCUT2D eigenvalue weighted by Gasteiger charge is 2.00. The molecular weight excluding hydrogens is 198 g/mol. The summed E-state index contributed by atoms with van der Waals surface area (Å²) < 4.78 is 0. The fourth-order valence-electron chi connectivity index (χ4n) is 1.60. The van der Waals surface area contributed by atoms with Gasteiger partial charge in [-0.25, -0.2) is 0 Å². The Labute approximate surface area is 99.0 Å². The van der Waals surface area contributed by atoms with Crippen LogP contribution in [0.5, 0.6) is 0 Å². The van der Waals surface area contributed by atoms with Crippen molar-refractivity contribution in [2.24, 2.45) is 0 Å². The number of rotatable bonds is 8. The van der Waals surface area contributed by atoms with Gasteiger partial charge in [0.1, 0.15) is 0 Å². The van der Waals surface area contributed by atoms with Crippen LogP contribution in [0.25, 0.3) is 0 Å². The largest absolute Gasteiger partial charge is 0.297 e. The van der Waals surface area contributed by atoms with Crippen molar-refractivity contribution in [3.63, 3.8) is 0 Å². The van der Waals surface area contributed by atoms with E-state index in [0.717, 1.165) is 0 Å². The highest BCUT2D eigenvalue weighted by atomic mass is 16.6. The number of unbranched alkanes of at least 4 members (excludes halogenated alkanes) is 2. The summed E-state index contributed by atoms with van der Waals surface area (Å²) in [5, 5.41) is 0. The van der Waals surface area contributed by atoms with Crippen LogP contribution in [0.3, 0.4) is 0 Å². The predicted molar refractivity (Wildman–Crippen MR) is 68.0 cm³/mol. The van der Waals surface area contributed by atoms with Crippen LogP contribution in [0, 0.1) is 0 Å². The van der Waals surface area contributed by atoms with E-state index in [1.165, 1.54) is 31.2 Å². The van der Waals surface area contributed by atoms with E-state index in [4.69, 9.17) is 4.84 Å². The van der Waals surface area contributed by atoms with Gasteiger partial charge >= 0.3 is 0 Å². The fraction of sp³-hybridized carbons (Fsp3) is 0.571. The quantitative estimate of drug-likeness (QED) is 0.534. The molecule has 1 unspecified atom stereocenters. The highest BCUT2D eigenvalue weighted by molar-refractivity contribution is 5.13. The lowest BCUT2D eigenvalue weighted by atomic mass is 10.1. The number of nitrogens with one attached hydrogen (secondary N) is 1. The highest BCUT2D eigenvalue weighted by Crippen LogP contribution is 2.04. The van der Waals surface area contributed by atoms with Crippen molar-refractivity contribution in [3.05, 3.63) is 35.9 Å². The molecule has 1 aromatic carbocycles. The van der Waals surface area contributed by atoms with Crippen LogP contribution in [-0.2, 0) is 11.4 Å². The van der Waals surface area contributed by atoms with Gasteiger partial charge < -0.3 is 0 Å². The van der Waals surface area contributed by atoms with Crippen LogP contribution >= 0.6 is 0 Å². The van der Waals surface area contributed by atoms with E-state index in [9.17, 15) is 0 Å². The Morgan fingerprint density at radius 3 is 2.62 bits per heavy atom. The van der Waals surface area contributed by atoms with Gasteiger partial charge in [0.05, 0.1) is 6.61 Å². The lowest BCUT2D eigenvalue weighted by molar-refractivity contribution is 0.00532. The molecule has 0 spiro atoms. The first-order valence-corrected chi connectivity index (χ1v) is 6.24. The third-order valence-electron chi connectivity index (χ3n) is 2.61. The minimum Gasteiger partial charge on any atom is -0.297 e. The zero-order valence-electron chi connectivity index (χ0n) is 10.4. The summed E-state index contributed by atoms with van der Waals surface area (Å²) in [6.45, 7) is 5.03. The Morgan fingerprint density at radius 2 is 1.94 bits per heavy atom. The maximum atomic E-state index is 5.46. The number of benzene rings is 1. The molecule has 1 aromatic rings. The summed E-state index contributed by atoms with van der Waals surface area (Å²) in [6, 6.07) is 10.7. The average molecular weight is 221 g/mol.